The summed E-state index contributed by atoms with van der Waals surface area (Å²) in [5, 5.41) is 0. The fraction of sp³-hybridized carbons (Fsp3) is 1.00. The van der Waals surface area contributed by atoms with E-state index in [1.54, 1.807) is 0 Å². The van der Waals surface area contributed by atoms with Crippen molar-refractivity contribution in [2.24, 2.45) is 40.1 Å². The molecule has 248 valence electrons. The van der Waals surface area contributed by atoms with E-state index in [4.69, 9.17) is 28.7 Å². The second-order valence-corrected chi connectivity index (χ2v) is 12.6. The summed E-state index contributed by atoms with van der Waals surface area (Å²) in [6.07, 6.45) is -6.37. The van der Waals surface area contributed by atoms with Crippen LogP contribution in [-0.4, -0.2) is 53.1 Å². The van der Waals surface area contributed by atoms with Crippen molar-refractivity contribution in [1.82, 2.24) is 0 Å². The van der Waals surface area contributed by atoms with Gasteiger partial charge < -0.3 is 40.1 Å². The highest BCUT2D eigenvalue weighted by Crippen LogP contribution is 2.26. The fourth-order valence-corrected chi connectivity index (χ4v) is 0. The van der Waals surface area contributed by atoms with Crippen LogP contribution in [0.4, 0.5) is 26.3 Å². The molecule has 0 saturated heterocycles. The second-order valence-electron chi connectivity index (χ2n) is 12.6. The van der Waals surface area contributed by atoms with Gasteiger partial charge in [0.2, 0.25) is 0 Å². The quantitative estimate of drug-likeness (QED) is 0.206. The summed E-state index contributed by atoms with van der Waals surface area (Å²) in [4.78, 5) is 0. The predicted molar refractivity (Wildman–Crippen MR) is 159 cm³/mol. The molecule has 0 aromatic rings. The Kier molecular flexibility index (Phi) is 34.9. The average Bonchev–Trinajstić information content (AvgIpc) is 2.57. The zero-order valence-electron chi connectivity index (χ0n) is 27.6. The lowest BCUT2D eigenvalue weighted by molar-refractivity contribution is -0.175. The van der Waals surface area contributed by atoms with Gasteiger partial charge in [-0.15, -0.1) is 0 Å². The predicted octanol–water partition coefficient (Wildman–Crippen LogP) is 5.51. The van der Waals surface area contributed by atoms with Crippen LogP contribution in [0.5, 0.6) is 0 Å². The van der Waals surface area contributed by atoms with Crippen LogP contribution < -0.4 is 40.1 Å². The molecular formula is C26H67F6N7. The number of hydrogen-bond donors (Lipinski definition) is 7. The van der Waals surface area contributed by atoms with Gasteiger partial charge in [0.15, 0.2) is 0 Å². The lowest BCUT2D eigenvalue weighted by atomic mass is 10.1. The highest BCUT2D eigenvalue weighted by Gasteiger charge is 2.43. The Morgan fingerprint density at radius 3 is 0.615 bits per heavy atom. The first-order valence-electron chi connectivity index (χ1n) is 12.9. The SMILES string of the molecule is CC(C)(C)N.CC(C)(N)C(F)(F)F.CC(C)N.CC(C)N.CCC(C)(C)N.CCC(C)(C)N.NCC(F)(F)F. The van der Waals surface area contributed by atoms with Crippen molar-refractivity contribution < 1.29 is 26.3 Å². The molecule has 0 aliphatic rings. The highest BCUT2D eigenvalue weighted by atomic mass is 19.4. The lowest BCUT2D eigenvalue weighted by Gasteiger charge is -2.21. The van der Waals surface area contributed by atoms with Crippen molar-refractivity contribution in [3.8, 4) is 0 Å². The topological polar surface area (TPSA) is 182 Å². The molecule has 14 N–H and O–H groups in total. The van der Waals surface area contributed by atoms with Gasteiger partial charge in [-0.25, -0.2) is 0 Å². The van der Waals surface area contributed by atoms with E-state index < -0.39 is 24.4 Å². The number of hydrogen-bond acceptors (Lipinski definition) is 7. The summed E-state index contributed by atoms with van der Waals surface area (Å²) < 4.78 is 66.3. The van der Waals surface area contributed by atoms with Crippen molar-refractivity contribution in [3.63, 3.8) is 0 Å². The zero-order valence-corrected chi connectivity index (χ0v) is 27.6. The summed E-state index contributed by atoms with van der Waals surface area (Å²) in [6.45, 7) is 26.5. The van der Waals surface area contributed by atoms with Crippen LogP contribution in [0, 0.1) is 0 Å². The molecule has 0 rings (SSSR count). The third kappa shape index (κ3) is 155. The molecule has 0 aromatic carbocycles. The molecule has 0 aliphatic carbocycles. The molecule has 0 aromatic heterocycles. The molecule has 0 heterocycles. The monoisotopic (exact) mass is 592 g/mol. The highest BCUT2D eigenvalue weighted by molar-refractivity contribution is 4.80. The zero-order chi connectivity index (χ0) is 34.3. The van der Waals surface area contributed by atoms with Gasteiger partial charge in [0, 0.05) is 16.6 Å². The first kappa shape index (κ1) is 54.4. The van der Waals surface area contributed by atoms with Crippen LogP contribution in [0.2, 0.25) is 0 Å². The van der Waals surface area contributed by atoms with Gasteiger partial charge in [-0.05, 0) is 87.2 Å². The molecule has 0 atom stereocenters. The van der Waals surface area contributed by atoms with Crippen LogP contribution in [0.25, 0.3) is 0 Å². The van der Waals surface area contributed by atoms with E-state index in [2.05, 4.69) is 25.3 Å². The Morgan fingerprint density at radius 1 is 0.538 bits per heavy atom. The van der Waals surface area contributed by atoms with E-state index in [1.165, 1.54) is 0 Å². The molecule has 0 bridgehead atoms. The average molecular weight is 592 g/mol. The van der Waals surface area contributed by atoms with E-state index in [0.717, 1.165) is 26.7 Å². The van der Waals surface area contributed by atoms with Crippen LogP contribution in [0.15, 0.2) is 0 Å². The molecule has 0 saturated carbocycles. The third-order valence-electron chi connectivity index (χ3n) is 2.78. The first-order chi connectivity index (χ1) is 16.4. The minimum absolute atomic E-state index is 0. The number of alkyl halides is 6. The van der Waals surface area contributed by atoms with Gasteiger partial charge in [-0.3, -0.25) is 0 Å². The summed E-state index contributed by atoms with van der Waals surface area (Å²) in [5.41, 5.74) is 33.5. The second kappa shape index (κ2) is 25.0. The first-order valence-corrected chi connectivity index (χ1v) is 12.9. The maximum absolute atomic E-state index is 11.4. The number of halogens is 6. The number of rotatable bonds is 2. The van der Waals surface area contributed by atoms with E-state index >= 15 is 0 Å². The fourth-order valence-electron chi connectivity index (χ4n) is 0. The molecule has 0 amide bonds. The molecule has 0 radical (unpaired) electrons. The maximum atomic E-state index is 11.4. The number of nitrogens with two attached hydrogens (primary N) is 7. The van der Waals surface area contributed by atoms with Crippen molar-refractivity contribution in [3.05, 3.63) is 0 Å². The largest absolute Gasteiger partial charge is 0.405 e. The Labute approximate surface area is 236 Å². The lowest BCUT2D eigenvalue weighted by Crippen LogP contribution is -2.47. The maximum Gasteiger partial charge on any atom is 0.405 e. The van der Waals surface area contributed by atoms with Gasteiger partial charge in [-0.1, -0.05) is 41.5 Å². The standard InChI is InChI=1S/2C5H13N.C4H8F3N.C4H11N.2C3H9N.C2H4F3N/c2*1-4-5(2,3)6;1-3(2,8)4(5,6)7;1-4(2,3)5;2*1-3(2)4;3-2(4,5)1-6/h2*4,6H2,1-3H3;8H2,1-2H3;5H2,1-3H3;2*3H,4H2,1-2H3;1,6H2. The summed E-state index contributed by atoms with van der Waals surface area (Å²) in [6, 6.07) is 0.667. The van der Waals surface area contributed by atoms with E-state index in [9.17, 15) is 26.3 Å². The van der Waals surface area contributed by atoms with Crippen LogP contribution in [0.3, 0.4) is 0 Å². The van der Waals surface area contributed by atoms with E-state index in [-0.39, 0.29) is 16.6 Å². The van der Waals surface area contributed by atoms with Crippen molar-refractivity contribution in [2.45, 2.75) is 163 Å². The van der Waals surface area contributed by atoms with Crippen molar-refractivity contribution in [2.75, 3.05) is 6.54 Å². The molecule has 13 heteroatoms. The third-order valence-corrected chi connectivity index (χ3v) is 2.78. The molecule has 0 unspecified atom stereocenters. The molecule has 7 nitrogen and oxygen atoms in total. The molecular weight excluding hydrogens is 524 g/mol. The Hall–Kier alpha value is -0.700. The molecule has 0 aliphatic heterocycles. The minimum Gasteiger partial charge on any atom is -0.328 e. The van der Waals surface area contributed by atoms with Gasteiger partial charge in [0.1, 0.15) is 5.54 Å². The molecule has 0 spiro atoms. The smallest absolute Gasteiger partial charge is 0.328 e. The molecule has 0 fully saturated rings. The van der Waals surface area contributed by atoms with Gasteiger partial charge in [-0.2, -0.15) is 26.3 Å². The Balaban J connectivity index is -0.0000000620. The van der Waals surface area contributed by atoms with E-state index in [0.29, 0.717) is 12.1 Å². The van der Waals surface area contributed by atoms with Crippen LogP contribution in [-0.2, 0) is 0 Å². The van der Waals surface area contributed by atoms with Gasteiger partial charge in [0.05, 0.1) is 6.54 Å². The van der Waals surface area contributed by atoms with Crippen molar-refractivity contribution >= 4 is 0 Å². The Bertz CT molecular complexity index is 419. The van der Waals surface area contributed by atoms with Gasteiger partial charge >= 0.3 is 12.4 Å². The molecule has 39 heavy (non-hydrogen) atoms. The van der Waals surface area contributed by atoms with E-state index in [1.807, 2.05) is 76.2 Å². The van der Waals surface area contributed by atoms with Gasteiger partial charge in [0.25, 0.3) is 0 Å². The van der Waals surface area contributed by atoms with Crippen LogP contribution >= 0.6 is 0 Å². The minimum atomic E-state index is -4.28. The Morgan fingerprint density at radius 2 is 0.615 bits per heavy atom. The normalized spacial score (nSPS) is 11.8. The summed E-state index contributed by atoms with van der Waals surface area (Å²) in [5.74, 6) is 0. The van der Waals surface area contributed by atoms with Crippen LogP contribution in [0.1, 0.15) is 117 Å². The summed E-state index contributed by atoms with van der Waals surface area (Å²) in [7, 11) is 0. The van der Waals surface area contributed by atoms with Crippen molar-refractivity contribution in [1.29, 1.82) is 0 Å². The summed E-state index contributed by atoms with van der Waals surface area (Å²) >= 11 is 0.